The highest BCUT2D eigenvalue weighted by Crippen LogP contribution is 2.34. The SMILES string of the molecule is N#Cc1cc(F)ccc1Oc1cc([N+](=O)[O-])ccc1Br. The van der Waals surface area contributed by atoms with Crippen molar-refractivity contribution >= 4 is 21.6 Å². The van der Waals surface area contributed by atoms with E-state index in [0.29, 0.717) is 4.47 Å². The minimum absolute atomic E-state index is 0.00315. The van der Waals surface area contributed by atoms with Crippen LogP contribution in [0.25, 0.3) is 0 Å². The fourth-order valence-electron chi connectivity index (χ4n) is 1.48. The van der Waals surface area contributed by atoms with Crippen LogP contribution < -0.4 is 4.74 Å². The maximum atomic E-state index is 13.0. The molecule has 20 heavy (non-hydrogen) atoms. The maximum Gasteiger partial charge on any atom is 0.273 e. The van der Waals surface area contributed by atoms with Crippen LogP contribution in [-0.2, 0) is 0 Å². The number of hydrogen-bond donors (Lipinski definition) is 0. The maximum absolute atomic E-state index is 13.0. The molecule has 2 rings (SSSR count). The van der Waals surface area contributed by atoms with Crippen molar-refractivity contribution in [2.45, 2.75) is 0 Å². The highest BCUT2D eigenvalue weighted by atomic mass is 79.9. The van der Waals surface area contributed by atoms with Crippen molar-refractivity contribution in [3.8, 4) is 17.6 Å². The largest absolute Gasteiger partial charge is 0.455 e. The second-order valence-electron chi connectivity index (χ2n) is 3.73. The molecular weight excluding hydrogens is 331 g/mol. The molecule has 5 nitrogen and oxygen atoms in total. The Morgan fingerprint density at radius 1 is 1.25 bits per heavy atom. The predicted molar refractivity (Wildman–Crippen MR) is 72.0 cm³/mol. The first kappa shape index (κ1) is 14.0. The Bertz CT molecular complexity index is 728. The summed E-state index contributed by atoms with van der Waals surface area (Å²) in [6.45, 7) is 0. The van der Waals surface area contributed by atoms with E-state index in [9.17, 15) is 14.5 Å². The zero-order chi connectivity index (χ0) is 14.7. The highest BCUT2D eigenvalue weighted by Gasteiger charge is 2.13. The van der Waals surface area contributed by atoms with E-state index in [1.165, 1.54) is 24.3 Å². The molecule has 2 aromatic rings. The van der Waals surface area contributed by atoms with Gasteiger partial charge in [-0.1, -0.05) is 0 Å². The molecule has 0 amide bonds. The lowest BCUT2D eigenvalue weighted by atomic mass is 10.2. The van der Waals surface area contributed by atoms with Gasteiger partial charge in [0, 0.05) is 6.07 Å². The van der Waals surface area contributed by atoms with Crippen LogP contribution in [0, 0.1) is 27.3 Å². The summed E-state index contributed by atoms with van der Waals surface area (Å²) < 4.78 is 18.9. The summed E-state index contributed by atoms with van der Waals surface area (Å²) >= 11 is 3.19. The van der Waals surface area contributed by atoms with Crippen LogP contribution in [0.15, 0.2) is 40.9 Å². The normalized spacial score (nSPS) is 9.85. The van der Waals surface area contributed by atoms with Gasteiger partial charge in [-0.15, -0.1) is 0 Å². The summed E-state index contributed by atoms with van der Waals surface area (Å²) in [4.78, 5) is 10.2. The number of nitro benzene ring substituents is 1. The Hall–Kier alpha value is -2.46. The molecule has 0 heterocycles. The molecule has 0 N–H and O–H groups in total. The van der Waals surface area contributed by atoms with E-state index in [-0.39, 0.29) is 22.7 Å². The molecule has 0 saturated carbocycles. The average molecular weight is 337 g/mol. The lowest BCUT2D eigenvalue weighted by molar-refractivity contribution is -0.384. The molecule has 0 aromatic heterocycles. The Labute approximate surface area is 121 Å². The Morgan fingerprint density at radius 3 is 2.65 bits per heavy atom. The van der Waals surface area contributed by atoms with Crippen LogP contribution in [0.1, 0.15) is 5.56 Å². The number of non-ortho nitro benzene ring substituents is 1. The molecule has 0 spiro atoms. The molecule has 0 saturated heterocycles. The third kappa shape index (κ3) is 2.92. The van der Waals surface area contributed by atoms with E-state index in [4.69, 9.17) is 10.00 Å². The smallest absolute Gasteiger partial charge is 0.273 e. The van der Waals surface area contributed by atoms with Crippen LogP contribution in [0.5, 0.6) is 11.5 Å². The highest BCUT2D eigenvalue weighted by molar-refractivity contribution is 9.10. The molecule has 0 aliphatic rings. The van der Waals surface area contributed by atoms with Crippen LogP contribution in [-0.4, -0.2) is 4.92 Å². The summed E-state index contributed by atoms with van der Waals surface area (Å²) in [6.07, 6.45) is 0. The first-order valence-corrected chi connectivity index (χ1v) is 6.12. The van der Waals surface area contributed by atoms with Gasteiger partial charge < -0.3 is 4.74 Å². The zero-order valence-electron chi connectivity index (χ0n) is 9.84. The van der Waals surface area contributed by atoms with E-state index in [1.54, 1.807) is 6.07 Å². The van der Waals surface area contributed by atoms with Gasteiger partial charge in [0.05, 0.1) is 21.0 Å². The molecule has 0 unspecified atom stereocenters. The van der Waals surface area contributed by atoms with Crippen molar-refractivity contribution < 1.29 is 14.1 Å². The second kappa shape index (κ2) is 5.67. The lowest BCUT2D eigenvalue weighted by Gasteiger charge is -2.09. The summed E-state index contributed by atoms with van der Waals surface area (Å²) in [5.41, 5.74) is -0.146. The van der Waals surface area contributed by atoms with Gasteiger partial charge in [-0.2, -0.15) is 5.26 Å². The molecule has 0 atom stereocenters. The Morgan fingerprint density at radius 2 is 2.00 bits per heavy atom. The number of benzene rings is 2. The monoisotopic (exact) mass is 336 g/mol. The molecule has 0 fully saturated rings. The first-order chi connectivity index (χ1) is 9.51. The standard InChI is InChI=1S/C13H6BrFN2O3/c14-11-3-2-10(17(18)19)6-13(11)20-12-4-1-9(15)5-8(12)7-16/h1-6H. The number of nitriles is 1. The van der Waals surface area contributed by atoms with Gasteiger partial charge in [0.15, 0.2) is 0 Å². The number of nitrogens with zero attached hydrogens (tertiary/aromatic N) is 2. The van der Waals surface area contributed by atoms with Crippen molar-refractivity contribution in [1.29, 1.82) is 5.26 Å². The molecule has 7 heteroatoms. The van der Waals surface area contributed by atoms with Crippen molar-refractivity contribution in [2.75, 3.05) is 0 Å². The predicted octanol–water partition coefficient (Wildman–Crippen LogP) is 4.16. The molecule has 0 bridgehead atoms. The third-order valence-electron chi connectivity index (χ3n) is 2.41. The Kier molecular flexibility index (Phi) is 3.96. The van der Waals surface area contributed by atoms with Crippen molar-refractivity contribution in [3.05, 3.63) is 62.4 Å². The van der Waals surface area contributed by atoms with Gasteiger partial charge in [0.25, 0.3) is 5.69 Å². The van der Waals surface area contributed by atoms with Crippen molar-refractivity contribution in [1.82, 2.24) is 0 Å². The molecule has 2 aromatic carbocycles. The average Bonchev–Trinajstić information content (AvgIpc) is 2.42. The van der Waals surface area contributed by atoms with Gasteiger partial charge in [-0.25, -0.2) is 4.39 Å². The van der Waals surface area contributed by atoms with E-state index < -0.39 is 10.7 Å². The van der Waals surface area contributed by atoms with Crippen LogP contribution in [0.2, 0.25) is 0 Å². The third-order valence-corrected chi connectivity index (χ3v) is 3.06. The van der Waals surface area contributed by atoms with E-state index in [0.717, 1.165) is 12.1 Å². The van der Waals surface area contributed by atoms with Crippen LogP contribution in [0.3, 0.4) is 0 Å². The minimum Gasteiger partial charge on any atom is -0.455 e. The minimum atomic E-state index is -0.563. The Balaban J connectivity index is 2.42. The van der Waals surface area contributed by atoms with Gasteiger partial charge >= 0.3 is 0 Å². The van der Waals surface area contributed by atoms with Gasteiger partial charge in [-0.3, -0.25) is 10.1 Å². The van der Waals surface area contributed by atoms with E-state index >= 15 is 0 Å². The molecular formula is C13H6BrFN2O3. The van der Waals surface area contributed by atoms with Gasteiger partial charge in [0.1, 0.15) is 23.4 Å². The van der Waals surface area contributed by atoms with Gasteiger partial charge in [-0.05, 0) is 40.2 Å². The number of ether oxygens (including phenoxy) is 1. The van der Waals surface area contributed by atoms with E-state index in [2.05, 4.69) is 15.9 Å². The summed E-state index contributed by atoms with van der Waals surface area (Å²) in [5, 5.41) is 19.6. The number of nitro groups is 1. The molecule has 0 aliphatic carbocycles. The number of rotatable bonds is 3. The fourth-order valence-corrected chi connectivity index (χ4v) is 1.81. The number of halogens is 2. The second-order valence-corrected chi connectivity index (χ2v) is 4.58. The van der Waals surface area contributed by atoms with E-state index in [1.807, 2.05) is 0 Å². The topological polar surface area (TPSA) is 76.2 Å². The van der Waals surface area contributed by atoms with Crippen LogP contribution in [0.4, 0.5) is 10.1 Å². The zero-order valence-corrected chi connectivity index (χ0v) is 11.4. The summed E-state index contributed by atoms with van der Waals surface area (Å²) in [6, 6.07) is 9.25. The van der Waals surface area contributed by atoms with Crippen molar-refractivity contribution in [2.24, 2.45) is 0 Å². The number of hydrogen-bond acceptors (Lipinski definition) is 4. The summed E-state index contributed by atoms with van der Waals surface area (Å²) in [7, 11) is 0. The lowest BCUT2D eigenvalue weighted by Crippen LogP contribution is -1.93. The van der Waals surface area contributed by atoms with Crippen LogP contribution >= 0.6 is 15.9 Å². The molecule has 0 aliphatic heterocycles. The summed E-state index contributed by atoms with van der Waals surface area (Å²) in [5.74, 6) is -0.274. The molecule has 100 valence electrons. The molecule has 0 radical (unpaired) electrons. The first-order valence-electron chi connectivity index (χ1n) is 5.32. The van der Waals surface area contributed by atoms with Gasteiger partial charge in [0.2, 0.25) is 0 Å². The quantitative estimate of drug-likeness (QED) is 0.622. The fraction of sp³-hybridized carbons (Fsp3) is 0. The van der Waals surface area contributed by atoms with Crippen molar-refractivity contribution in [3.63, 3.8) is 0 Å².